The summed E-state index contributed by atoms with van der Waals surface area (Å²) in [6.45, 7) is 4.55. The van der Waals surface area contributed by atoms with Crippen LogP contribution in [0.3, 0.4) is 0 Å². The number of hydrogen-bond donors (Lipinski definition) is 2. The Kier molecular flexibility index (Phi) is 6.26. The fourth-order valence-electron chi connectivity index (χ4n) is 1.28. The molecule has 0 aliphatic rings. The van der Waals surface area contributed by atoms with Crippen molar-refractivity contribution in [3.63, 3.8) is 0 Å². The van der Waals surface area contributed by atoms with Gasteiger partial charge in [0.2, 0.25) is 0 Å². The summed E-state index contributed by atoms with van der Waals surface area (Å²) in [6, 6.07) is 5.73. The molecule has 0 bridgehead atoms. The van der Waals surface area contributed by atoms with Crippen LogP contribution in [0, 0.1) is 0 Å². The lowest BCUT2D eigenvalue weighted by Crippen LogP contribution is -2.10. The SMILES string of the molecule is CCCCOCCNc1ccc(N)cc1Br. The van der Waals surface area contributed by atoms with Gasteiger partial charge < -0.3 is 15.8 Å². The predicted molar refractivity (Wildman–Crippen MR) is 72.8 cm³/mol. The molecule has 0 fully saturated rings. The van der Waals surface area contributed by atoms with Crippen molar-refractivity contribution in [2.24, 2.45) is 0 Å². The predicted octanol–water partition coefficient (Wildman–Crippen LogP) is 3.26. The van der Waals surface area contributed by atoms with Gasteiger partial charge in [-0.1, -0.05) is 13.3 Å². The van der Waals surface area contributed by atoms with E-state index in [2.05, 4.69) is 28.2 Å². The van der Waals surface area contributed by atoms with Gasteiger partial charge in [-0.3, -0.25) is 0 Å². The van der Waals surface area contributed by atoms with E-state index in [0.717, 1.165) is 42.0 Å². The van der Waals surface area contributed by atoms with Crippen molar-refractivity contribution in [3.8, 4) is 0 Å². The van der Waals surface area contributed by atoms with Gasteiger partial charge in [0.1, 0.15) is 0 Å². The Balaban J connectivity index is 2.21. The second kappa shape index (κ2) is 7.52. The minimum Gasteiger partial charge on any atom is -0.399 e. The summed E-state index contributed by atoms with van der Waals surface area (Å²) in [4.78, 5) is 0. The standard InChI is InChI=1S/C12H19BrN2O/c1-2-3-7-16-8-6-15-12-5-4-10(14)9-11(12)13/h4-5,9,15H,2-3,6-8,14H2,1H3. The van der Waals surface area contributed by atoms with E-state index in [1.807, 2.05) is 18.2 Å². The molecule has 1 aromatic rings. The highest BCUT2D eigenvalue weighted by atomic mass is 79.9. The van der Waals surface area contributed by atoms with Crippen molar-refractivity contribution < 1.29 is 4.74 Å². The van der Waals surface area contributed by atoms with E-state index in [9.17, 15) is 0 Å². The molecule has 0 unspecified atom stereocenters. The molecule has 0 aliphatic heterocycles. The van der Waals surface area contributed by atoms with Crippen LogP contribution in [0.25, 0.3) is 0 Å². The quantitative estimate of drug-likeness (QED) is 0.597. The minimum absolute atomic E-state index is 0.733. The normalized spacial score (nSPS) is 10.4. The topological polar surface area (TPSA) is 47.3 Å². The van der Waals surface area contributed by atoms with Gasteiger partial charge in [-0.25, -0.2) is 0 Å². The second-order valence-electron chi connectivity index (χ2n) is 3.63. The Hall–Kier alpha value is -0.740. The summed E-state index contributed by atoms with van der Waals surface area (Å²) in [6.07, 6.45) is 2.31. The molecule has 0 amide bonds. The zero-order chi connectivity index (χ0) is 11.8. The van der Waals surface area contributed by atoms with E-state index < -0.39 is 0 Å². The van der Waals surface area contributed by atoms with Crippen LogP contribution < -0.4 is 11.1 Å². The highest BCUT2D eigenvalue weighted by Gasteiger charge is 1.98. The van der Waals surface area contributed by atoms with Gasteiger partial charge in [-0.15, -0.1) is 0 Å². The average molecular weight is 287 g/mol. The fourth-order valence-corrected chi connectivity index (χ4v) is 1.82. The lowest BCUT2D eigenvalue weighted by Gasteiger charge is -2.09. The van der Waals surface area contributed by atoms with Crippen LogP contribution in [0.15, 0.2) is 22.7 Å². The Morgan fingerprint density at radius 3 is 2.88 bits per heavy atom. The molecule has 0 spiro atoms. The number of hydrogen-bond acceptors (Lipinski definition) is 3. The van der Waals surface area contributed by atoms with Crippen molar-refractivity contribution >= 4 is 27.3 Å². The van der Waals surface area contributed by atoms with Gasteiger partial charge in [0, 0.05) is 29.0 Å². The highest BCUT2D eigenvalue weighted by Crippen LogP contribution is 2.24. The number of nitrogens with one attached hydrogen (secondary N) is 1. The summed E-state index contributed by atoms with van der Waals surface area (Å²) < 4.78 is 6.44. The smallest absolute Gasteiger partial charge is 0.0639 e. The van der Waals surface area contributed by atoms with Crippen molar-refractivity contribution in [2.45, 2.75) is 19.8 Å². The molecule has 16 heavy (non-hydrogen) atoms. The van der Waals surface area contributed by atoms with E-state index >= 15 is 0 Å². The van der Waals surface area contributed by atoms with Gasteiger partial charge in [-0.2, -0.15) is 0 Å². The highest BCUT2D eigenvalue weighted by molar-refractivity contribution is 9.10. The molecule has 0 atom stereocenters. The van der Waals surface area contributed by atoms with E-state index in [0.29, 0.717) is 0 Å². The van der Waals surface area contributed by atoms with Gasteiger partial charge in [-0.05, 0) is 40.5 Å². The molecule has 0 saturated heterocycles. The summed E-state index contributed by atoms with van der Waals surface area (Å²) in [5.74, 6) is 0. The first-order valence-electron chi connectivity index (χ1n) is 5.60. The number of anilines is 2. The van der Waals surface area contributed by atoms with Gasteiger partial charge in [0.05, 0.1) is 6.61 Å². The largest absolute Gasteiger partial charge is 0.399 e. The number of ether oxygens (including phenoxy) is 1. The number of nitrogens with two attached hydrogens (primary N) is 1. The number of nitrogen functional groups attached to an aromatic ring is 1. The Bertz CT molecular complexity index is 318. The number of unbranched alkanes of at least 4 members (excludes halogenated alkanes) is 1. The van der Waals surface area contributed by atoms with Crippen LogP contribution in [0.1, 0.15) is 19.8 Å². The summed E-state index contributed by atoms with van der Waals surface area (Å²) in [5.41, 5.74) is 7.46. The Morgan fingerprint density at radius 2 is 2.19 bits per heavy atom. The van der Waals surface area contributed by atoms with E-state index in [1.54, 1.807) is 0 Å². The van der Waals surface area contributed by atoms with E-state index in [1.165, 1.54) is 6.42 Å². The van der Waals surface area contributed by atoms with Crippen LogP contribution in [0.5, 0.6) is 0 Å². The number of benzene rings is 1. The average Bonchev–Trinajstić information content (AvgIpc) is 2.26. The van der Waals surface area contributed by atoms with Crippen molar-refractivity contribution in [2.75, 3.05) is 30.8 Å². The molecular formula is C12H19BrN2O. The Morgan fingerprint density at radius 1 is 1.38 bits per heavy atom. The molecule has 0 radical (unpaired) electrons. The fraction of sp³-hybridized carbons (Fsp3) is 0.500. The summed E-state index contributed by atoms with van der Waals surface area (Å²) in [7, 11) is 0. The molecule has 0 heterocycles. The maximum Gasteiger partial charge on any atom is 0.0639 e. The molecule has 0 aromatic heterocycles. The maximum atomic E-state index is 5.65. The first kappa shape index (κ1) is 13.3. The van der Waals surface area contributed by atoms with Crippen molar-refractivity contribution in [1.82, 2.24) is 0 Å². The first-order valence-corrected chi connectivity index (χ1v) is 6.40. The van der Waals surface area contributed by atoms with Crippen LogP contribution in [-0.4, -0.2) is 19.8 Å². The third kappa shape index (κ3) is 4.86. The van der Waals surface area contributed by atoms with Crippen LogP contribution in [0.4, 0.5) is 11.4 Å². The molecule has 3 N–H and O–H groups in total. The molecule has 3 nitrogen and oxygen atoms in total. The monoisotopic (exact) mass is 286 g/mol. The van der Waals surface area contributed by atoms with Gasteiger partial charge in [0.15, 0.2) is 0 Å². The number of rotatable bonds is 7. The van der Waals surface area contributed by atoms with Crippen molar-refractivity contribution in [3.05, 3.63) is 22.7 Å². The molecule has 0 aliphatic carbocycles. The van der Waals surface area contributed by atoms with Crippen LogP contribution in [-0.2, 0) is 4.74 Å². The maximum absolute atomic E-state index is 5.65. The first-order chi connectivity index (χ1) is 7.74. The van der Waals surface area contributed by atoms with E-state index in [-0.39, 0.29) is 0 Å². The summed E-state index contributed by atoms with van der Waals surface area (Å²) >= 11 is 3.46. The minimum atomic E-state index is 0.733. The lowest BCUT2D eigenvalue weighted by atomic mass is 10.3. The molecule has 1 rings (SSSR count). The zero-order valence-electron chi connectivity index (χ0n) is 9.63. The van der Waals surface area contributed by atoms with Crippen molar-refractivity contribution in [1.29, 1.82) is 0 Å². The second-order valence-corrected chi connectivity index (χ2v) is 4.49. The molecule has 1 aromatic carbocycles. The third-order valence-electron chi connectivity index (χ3n) is 2.20. The van der Waals surface area contributed by atoms with Crippen LogP contribution >= 0.6 is 15.9 Å². The zero-order valence-corrected chi connectivity index (χ0v) is 11.2. The van der Waals surface area contributed by atoms with Gasteiger partial charge >= 0.3 is 0 Å². The third-order valence-corrected chi connectivity index (χ3v) is 2.85. The molecule has 4 heteroatoms. The van der Waals surface area contributed by atoms with Crippen LogP contribution in [0.2, 0.25) is 0 Å². The molecule has 90 valence electrons. The van der Waals surface area contributed by atoms with E-state index in [4.69, 9.17) is 10.5 Å². The number of halogens is 1. The molecule has 0 saturated carbocycles. The molecular weight excluding hydrogens is 268 g/mol. The Labute approximate surface area is 105 Å². The summed E-state index contributed by atoms with van der Waals surface area (Å²) in [5, 5.41) is 3.29. The lowest BCUT2D eigenvalue weighted by molar-refractivity contribution is 0.141. The van der Waals surface area contributed by atoms with Gasteiger partial charge in [0.25, 0.3) is 0 Å².